The molecule has 20 heavy (non-hydrogen) atoms. The number of aryl methyl sites for hydroxylation is 1. The van der Waals surface area contributed by atoms with E-state index in [1.807, 2.05) is 0 Å². The molecular formula is C17H28N2O. The van der Waals surface area contributed by atoms with E-state index in [2.05, 4.69) is 43.0 Å². The lowest BCUT2D eigenvalue weighted by Crippen LogP contribution is -2.45. The molecule has 0 aliphatic carbocycles. The molecule has 2 unspecified atom stereocenters. The van der Waals surface area contributed by atoms with Crippen molar-refractivity contribution in [2.45, 2.75) is 45.2 Å². The fourth-order valence-corrected chi connectivity index (χ4v) is 3.13. The van der Waals surface area contributed by atoms with E-state index in [9.17, 15) is 5.11 Å². The van der Waals surface area contributed by atoms with Gasteiger partial charge in [-0.3, -0.25) is 4.90 Å². The molecule has 0 amide bonds. The molecule has 0 bridgehead atoms. The van der Waals surface area contributed by atoms with Crippen molar-refractivity contribution < 1.29 is 5.11 Å². The zero-order valence-corrected chi connectivity index (χ0v) is 12.8. The lowest BCUT2D eigenvalue weighted by Gasteiger charge is -2.40. The monoisotopic (exact) mass is 276 g/mol. The quantitative estimate of drug-likeness (QED) is 0.868. The number of piperidine rings is 1. The summed E-state index contributed by atoms with van der Waals surface area (Å²) in [6.45, 7) is 6.68. The Kier molecular flexibility index (Phi) is 5.58. The maximum absolute atomic E-state index is 9.28. The number of hydrogen-bond acceptors (Lipinski definition) is 3. The van der Waals surface area contributed by atoms with Crippen LogP contribution in [0, 0.1) is 12.8 Å². The highest BCUT2D eigenvalue weighted by Crippen LogP contribution is 2.29. The number of rotatable bonds is 5. The van der Waals surface area contributed by atoms with Crippen LogP contribution in [0.4, 0.5) is 0 Å². The van der Waals surface area contributed by atoms with E-state index >= 15 is 0 Å². The van der Waals surface area contributed by atoms with Crippen LogP contribution in [0.3, 0.4) is 0 Å². The fourth-order valence-electron chi connectivity index (χ4n) is 3.13. The summed E-state index contributed by atoms with van der Waals surface area (Å²) >= 11 is 0. The minimum absolute atomic E-state index is 0.170. The van der Waals surface area contributed by atoms with Gasteiger partial charge in [0.2, 0.25) is 0 Å². The SMILES string of the molecule is CCC(N)C(c1ccc(C)cc1)N1CCC(CO)CC1. The Bertz CT molecular complexity index is 396. The van der Waals surface area contributed by atoms with Crippen LogP contribution in [0.15, 0.2) is 24.3 Å². The first-order valence-corrected chi connectivity index (χ1v) is 7.82. The van der Waals surface area contributed by atoms with Gasteiger partial charge >= 0.3 is 0 Å². The molecular weight excluding hydrogens is 248 g/mol. The van der Waals surface area contributed by atoms with Crippen LogP contribution in [0.5, 0.6) is 0 Å². The molecule has 1 aromatic carbocycles. The van der Waals surface area contributed by atoms with Crippen LogP contribution in [0.25, 0.3) is 0 Å². The normalized spacial score (nSPS) is 20.8. The molecule has 1 aromatic rings. The molecule has 2 rings (SSSR count). The lowest BCUT2D eigenvalue weighted by molar-refractivity contribution is 0.0884. The van der Waals surface area contributed by atoms with Crippen LogP contribution >= 0.6 is 0 Å². The third kappa shape index (κ3) is 3.60. The van der Waals surface area contributed by atoms with Crippen molar-refractivity contribution in [3.8, 4) is 0 Å². The van der Waals surface area contributed by atoms with Crippen molar-refractivity contribution in [2.75, 3.05) is 19.7 Å². The number of hydrogen-bond donors (Lipinski definition) is 2. The van der Waals surface area contributed by atoms with E-state index in [1.165, 1.54) is 11.1 Å². The topological polar surface area (TPSA) is 49.5 Å². The first kappa shape index (κ1) is 15.5. The summed E-state index contributed by atoms with van der Waals surface area (Å²) in [5, 5.41) is 9.28. The van der Waals surface area contributed by atoms with E-state index in [0.717, 1.165) is 32.4 Å². The van der Waals surface area contributed by atoms with Crippen molar-refractivity contribution in [1.29, 1.82) is 0 Å². The third-order valence-electron chi connectivity index (χ3n) is 4.60. The molecule has 1 aliphatic rings. The summed E-state index contributed by atoms with van der Waals surface area (Å²) in [5.74, 6) is 0.475. The number of benzene rings is 1. The van der Waals surface area contributed by atoms with Gasteiger partial charge in [-0.25, -0.2) is 0 Å². The second kappa shape index (κ2) is 7.21. The van der Waals surface area contributed by atoms with Gasteiger partial charge in [-0.05, 0) is 50.8 Å². The van der Waals surface area contributed by atoms with Crippen molar-refractivity contribution in [3.05, 3.63) is 35.4 Å². The van der Waals surface area contributed by atoms with Crippen LogP contribution < -0.4 is 5.73 Å². The van der Waals surface area contributed by atoms with Gasteiger partial charge in [-0.1, -0.05) is 36.8 Å². The van der Waals surface area contributed by atoms with Crippen molar-refractivity contribution in [1.82, 2.24) is 4.90 Å². The van der Waals surface area contributed by atoms with Gasteiger partial charge in [0, 0.05) is 18.7 Å². The molecule has 0 saturated carbocycles. The van der Waals surface area contributed by atoms with Crippen molar-refractivity contribution in [2.24, 2.45) is 11.7 Å². The number of aliphatic hydroxyl groups excluding tert-OH is 1. The molecule has 0 spiro atoms. The number of nitrogens with two attached hydrogens (primary N) is 1. The van der Waals surface area contributed by atoms with Crippen LogP contribution in [0.2, 0.25) is 0 Å². The summed E-state index contributed by atoms with van der Waals surface area (Å²) in [5.41, 5.74) is 9.01. The minimum Gasteiger partial charge on any atom is -0.396 e. The minimum atomic E-state index is 0.170. The molecule has 3 heteroatoms. The molecule has 2 atom stereocenters. The van der Waals surface area contributed by atoms with Gasteiger partial charge in [0.15, 0.2) is 0 Å². The molecule has 1 aliphatic heterocycles. The van der Waals surface area contributed by atoms with Gasteiger partial charge in [0.05, 0.1) is 0 Å². The number of aliphatic hydroxyl groups is 1. The van der Waals surface area contributed by atoms with Crippen LogP contribution in [-0.2, 0) is 0 Å². The largest absolute Gasteiger partial charge is 0.396 e. The Morgan fingerprint density at radius 3 is 2.35 bits per heavy atom. The van der Waals surface area contributed by atoms with Crippen LogP contribution in [0.1, 0.15) is 43.4 Å². The maximum Gasteiger partial charge on any atom is 0.0499 e. The van der Waals surface area contributed by atoms with Gasteiger partial charge in [0.25, 0.3) is 0 Å². The Labute approximate surface area is 122 Å². The predicted molar refractivity (Wildman–Crippen MR) is 83.6 cm³/mol. The summed E-state index contributed by atoms with van der Waals surface area (Å²) in [4.78, 5) is 2.50. The zero-order chi connectivity index (χ0) is 14.5. The molecule has 3 N–H and O–H groups in total. The molecule has 0 radical (unpaired) electrons. The lowest BCUT2D eigenvalue weighted by atomic mass is 9.91. The Morgan fingerprint density at radius 1 is 1.25 bits per heavy atom. The molecule has 1 fully saturated rings. The Balaban J connectivity index is 2.14. The molecule has 3 nitrogen and oxygen atoms in total. The predicted octanol–water partition coefficient (Wildman–Crippen LogP) is 2.48. The molecule has 1 heterocycles. The average Bonchev–Trinajstić information content (AvgIpc) is 2.50. The van der Waals surface area contributed by atoms with E-state index in [0.29, 0.717) is 18.6 Å². The smallest absolute Gasteiger partial charge is 0.0499 e. The van der Waals surface area contributed by atoms with Gasteiger partial charge in [-0.2, -0.15) is 0 Å². The third-order valence-corrected chi connectivity index (χ3v) is 4.60. The van der Waals surface area contributed by atoms with Gasteiger partial charge in [-0.15, -0.1) is 0 Å². The van der Waals surface area contributed by atoms with E-state index < -0.39 is 0 Å². The van der Waals surface area contributed by atoms with Gasteiger partial charge < -0.3 is 10.8 Å². The van der Waals surface area contributed by atoms with E-state index in [-0.39, 0.29) is 6.04 Å². The standard InChI is InChI=1S/C17H28N2O/c1-3-16(18)17(15-6-4-13(2)5-7-15)19-10-8-14(12-20)9-11-19/h4-7,14,16-17,20H,3,8-12,18H2,1-2H3. The zero-order valence-electron chi connectivity index (χ0n) is 12.8. The van der Waals surface area contributed by atoms with E-state index in [1.54, 1.807) is 0 Å². The number of likely N-dealkylation sites (tertiary alicyclic amines) is 1. The number of nitrogens with zero attached hydrogens (tertiary/aromatic N) is 1. The maximum atomic E-state index is 9.28. The Hall–Kier alpha value is -0.900. The van der Waals surface area contributed by atoms with E-state index in [4.69, 9.17) is 5.73 Å². The summed E-state index contributed by atoms with van der Waals surface area (Å²) in [6.07, 6.45) is 3.14. The highest BCUT2D eigenvalue weighted by molar-refractivity contribution is 5.25. The second-order valence-corrected chi connectivity index (χ2v) is 6.09. The highest BCUT2D eigenvalue weighted by Gasteiger charge is 2.29. The first-order chi connectivity index (χ1) is 9.65. The van der Waals surface area contributed by atoms with Crippen LogP contribution in [-0.4, -0.2) is 35.7 Å². The molecule has 0 aromatic heterocycles. The second-order valence-electron chi connectivity index (χ2n) is 6.09. The van der Waals surface area contributed by atoms with Crippen molar-refractivity contribution >= 4 is 0 Å². The molecule has 1 saturated heterocycles. The Morgan fingerprint density at radius 2 is 1.85 bits per heavy atom. The highest BCUT2D eigenvalue weighted by atomic mass is 16.3. The molecule has 112 valence electrons. The fraction of sp³-hybridized carbons (Fsp3) is 0.647. The summed E-state index contributed by atoms with van der Waals surface area (Å²) in [6, 6.07) is 9.25. The first-order valence-electron chi connectivity index (χ1n) is 7.82. The summed E-state index contributed by atoms with van der Waals surface area (Å²) < 4.78 is 0. The summed E-state index contributed by atoms with van der Waals surface area (Å²) in [7, 11) is 0. The average molecular weight is 276 g/mol. The van der Waals surface area contributed by atoms with Gasteiger partial charge in [0.1, 0.15) is 0 Å². The van der Waals surface area contributed by atoms with Crippen molar-refractivity contribution in [3.63, 3.8) is 0 Å².